The maximum Gasteiger partial charge on any atom is 0.707 e. The van der Waals surface area contributed by atoms with E-state index in [2.05, 4.69) is 14.6 Å². The van der Waals surface area contributed by atoms with Crippen LogP contribution in [0.5, 0.6) is 5.75 Å². The lowest BCUT2D eigenvalue weighted by Gasteiger charge is -2.06. The van der Waals surface area contributed by atoms with Gasteiger partial charge >= 0.3 is 13.5 Å². The number of halogens is 3. The van der Waals surface area contributed by atoms with Crippen LogP contribution in [0.3, 0.4) is 0 Å². The van der Waals surface area contributed by atoms with Crippen LogP contribution in [0, 0.1) is 0 Å². The normalized spacial score (nSPS) is 11.2. The van der Waals surface area contributed by atoms with Crippen molar-refractivity contribution in [3.63, 3.8) is 0 Å². The summed E-state index contributed by atoms with van der Waals surface area (Å²) in [4.78, 5) is 5.84. The van der Waals surface area contributed by atoms with Gasteiger partial charge < -0.3 is 14.7 Å². The molecule has 1 aromatic heterocycles. The second-order valence-electron chi connectivity index (χ2n) is 2.18. The van der Waals surface area contributed by atoms with E-state index in [0.717, 1.165) is 0 Å². The molecule has 0 spiro atoms. The Bertz CT molecular complexity index is 302. The van der Waals surface area contributed by atoms with E-state index in [-0.39, 0.29) is 5.75 Å². The number of rotatable bonds is 2. The molecule has 1 heterocycles. The van der Waals surface area contributed by atoms with Gasteiger partial charge in [-0.3, -0.25) is 0 Å². The second kappa shape index (κ2) is 3.80. The van der Waals surface area contributed by atoms with Crippen LogP contribution >= 0.6 is 0 Å². The van der Waals surface area contributed by atoms with E-state index < -0.39 is 19.3 Å². The lowest BCUT2D eigenvalue weighted by Crippen LogP contribution is -2.21. The zero-order valence-electron chi connectivity index (χ0n) is 6.56. The molecule has 5 nitrogen and oxygen atoms in total. The van der Waals surface area contributed by atoms with Crippen LogP contribution in [0.15, 0.2) is 12.4 Å². The van der Waals surface area contributed by atoms with Crippen molar-refractivity contribution < 1.29 is 27.9 Å². The predicted molar refractivity (Wildman–Crippen MR) is 37.9 cm³/mol. The first-order valence-electron chi connectivity index (χ1n) is 3.31. The summed E-state index contributed by atoms with van der Waals surface area (Å²) in [5, 5.41) is 16.6. The zero-order chi connectivity index (χ0) is 10.8. The highest BCUT2D eigenvalue weighted by Gasteiger charge is 2.34. The predicted octanol–water partition coefficient (Wildman–Crippen LogP) is -0.156. The van der Waals surface area contributed by atoms with Crippen LogP contribution in [0.4, 0.5) is 13.2 Å². The fourth-order valence-corrected chi connectivity index (χ4v) is 0.645. The third kappa shape index (κ3) is 2.85. The molecule has 0 saturated heterocycles. The highest BCUT2D eigenvalue weighted by Crippen LogP contribution is 2.26. The number of hydrogen-bond acceptors (Lipinski definition) is 5. The van der Waals surface area contributed by atoms with Crippen LogP contribution in [-0.2, 0) is 6.18 Å². The van der Waals surface area contributed by atoms with Crippen molar-refractivity contribution in [3.8, 4) is 5.75 Å². The molecular weight excluding hydrogens is 204 g/mol. The standard InChI is InChI=1S/C5H4BF3N2O3/c7-5(8,9)4-10-1-3(2-11-4)14-6(12)13/h1-2,12-13H. The van der Waals surface area contributed by atoms with E-state index in [1.54, 1.807) is 0 Å². The van der Waals surface area contributed by atoms with Gasteiger partial charge in [0.2, 0.25) is 5.82 Å². The molecule has 0 aliphatic rings. The molecule has 0 unspecified atom stereocenters. The summed E-state index contributed by atoms with van der Waals surface area (Å²) in [6.07, 6.45) is -3.25. The Morgan fingerprint density at radius 2 is 1.71 bits per heavy atom. The number of aromatic nitrogens is 2. The van der Waals surface area contributed by atoms with E-state index in [1.165, 1.54) is 0 Å². The SMILES string of the molecule is OB(O)Oc1cnc(C(F)(F)F)nc1. The molecule has 0 atom stereocenters. The van der Waals surface area contributed by atoms with Crippen LogP contribution in [0.1, 0.15) is 5.82 Å². The molecule has 0 fully saturated rings. The van der Waals surface area contributed by atoms with Gasteiger partial charge in [0, 0.05) is 0 Å². The average molecular weight is 208 g/mol. The molecule has 0 aliphatic heterocycles. The van der Waals surface area contributed by atoms with Gasteiger partial charge in [-0.15, -0.1) is 0 Å². The Hall–Kier alpha value is -1.35. The van der Waals surface area contributed by atoms with Crippen LogP contribution in [-0.4, -0.2) is 27.3 Å². The molecule has 0 saturated carbocycles. The molecule has 9 heteroatoms. The summed E-state index contributed by atoms with van der Waals surface area (Å²) >= 11 is 0. The van der Waals surface area contributed by atoms with Crippen molar-refractivity contribution in [3.05, 3.63) is 18.2 Å². The molecule has 0 bridgehead atoms. The quantitative estimate of drug-likeness (QED) is 0.660. The van der Waals surface area contributed by atoms with Crippen molar-refractivity contribution in [2.24, 2.45) is 0 Å². The summed E-state index contributed by atoms with van der Waals surface area (Å²) in [6, 6.07) is 0. The summed E-state index contributed by atoms with van der Waals surface area (Å²) in [5.41, 5.74) is 0. The van der Waals surface area contributed by atoms with E-state index in [4.69, 9.17) is 10.0 Å². The molecule has 14 heavy (non-hydrogen) atoms. The Morgan fingerprint density at radius 1 is 1.21 bits per heavy atom. The van der Waals surface area contributed by atoms with Crippen molar-refractivity contribution in [1.29, 1.82) is 0 Å². The van der Waals surface area contributed by atoms with Crippen LogP contribution in [0.2, 0.25) is 0 Å². The third-order valence-corrected chi connectivity index (χ3v) is 1.12. The average Bonchev–Trinajstić information content (AvgIpc) is 2.02. The monoisotopic (exact) mass is 208 g/mol. The summed E-state index contributed by atoms with van der Waals surface area (Å²) in [7, 11) is -2.12. The van der Waals surface area contributed by atoms with Crippen molar-refractivity contribution >= 4 is 7.32 Å². The minimum absolute atomic E-state index is 0.270. The number of nitrogens with zero attached hydrogens (tertiary/aromatic N) is 2. The fraction of sp³-hybridized carbons (Fsp3) is 0.200. The lowest BCUT2D eigenvalue weighted by molar-refractivity contribution is -0.145. The summed E-state index contributed by atoms with van der Waals surface area (Å²) in [5.74, 6) is -1.59. The van der Waals surface area contributed by atoms with Gasteiger partial charge in [-0.05, 0) is 0 Å². The van der Waals surface area contributed by atoms with E-state index in [1.807, 2.05) is 0 Å². The first-order chi connectivity index (χ1) is 6.39. The third-order valence-electron chi connectivity index (χ3n) is 1.12. The highest BCUT2D eigenvalue weighted by atomic mass is 19.4. The smallest absolute Gasteiger partial charge is 0.509 e. The topological polar surface area (TPSA) is 75.5 Å². The fourth-order valence-electron chi connectivity index (χ4n) is 0.645. The molecular formula is C5H4BF3N2O3. The summed E-state index contributed by atoms with van der Waals surface area (Å²) in [6.45, 7) is 0. The molecule has 76 valence electrons. The molecule has 0 amide bonds. The molecule has 1 rings (SSSR count). The minimum atomic E-state index is -4.63. The first kappa shape index (κ1) is 10.7. The van der Waals surface area contributed by atoms with E-state index in [0.29, 0.717) is 12.4 Å². The second-order valence-corrected chi connectivity index (χ2v) is 2.18. The number of alkyl halides is 3. The number of hydrogen-bond donors (Lipinski definition) is 2. The molecule has 1 aromatic rings. The lowest BCUT2D eigenvalue weighted by atomic mass is 10.2. The van der Waals surface area contributed by atoms with Crippen molar-refractivity contribution in [1.82, 2.24) is 9.97 Å². The molecule has 0 radical (unpaired) electrons. The van der Waals surface area contributed by atoms with Gasteiger partial charge in [0.25, 0.3) is 0 Å². The van der Waals surface area contributed by atoms with Crippen molar-refractivity contribution in [2.75, 3.05) is 0 Å². The zero-order valence-corrected chi connectivity index (χ0v) is 6.56. The highest BCUT2D eigenvalue weighted by molar-refractivity contribution is 6.33. The summed E-state index contributed by atoms with van der Waals surface area (Å²) < 4.78 is 40.0. The Labute approximate surface area is 76.4 Å². The Balaban J connectivity index is 2.79. The van der Waals surface area contributed by atoms with Gasteiger partial charge in [-0.25, -0.2) is 9.97 Å². The van der Waals surface area contributed by atoms with Gasteiger partial charge in [0.1, 0.15) is 5.75 Å². The molecule has 2 N–H and O–H groups in total. The van der Waals surface area contributed by atoms with Gasteiger partial charge in [-0.2, -0.15) is 13.2 Å². The first-order valence-corrected chi connectivity index (χ1v) is 3.31. The van der Waals surface area contributed by atoms with Gasteiger partial charge in [-0.1, -0.05) is 0 Å². The van der Waals surface area contributed by atoms with E-state index in [9.17, 15) is 13.2 Å². The largest absolute Gasteiger partial charge is 0.707 e. The maximum absolute atomic E-state index is 11.9. The van der Waals surface area contributed by atoms with Crippen LogP contribution < -0.4 is 4.65 Å². The molecule has 0 aromatic carbocycles. The minimum Gasteiger partial charge on any atom is -0.509 e. The van der Waals surface area contributed by atoms with E-state index >= 15 is 0 Å². The van der Waals surface area contributed by atoms with Gasteiger partial charge in [0.05, 0.1) is 12.4 Å². The van der Waals surface area contributed by atoms with Crippen LogP contribution in [0.25, 0.3) is 0 Å². The Morgan fingerprint density at radius 3 is 2.07 bits per heavy atom. The van der Waals surface area contributed by atoms with Crippen molar-refractivity contribution in [2.45, 2.75) is 6.18 Å². The maximum atomic E-state index is 11.9. The van der Waals surface area contributed by atoms with Gasteiger partial charge in [0.15, 0.2) is 0 Å². The molecule has 0 aliphatic carbocycles. The Kier molecular flexibility index (Phi) is 2.92.